The number of carbonyl (C=O) groups is 1. The van der Waals surface area contributed by atoms with Gasteiger partial charge in [-0.15, -0.1) is 10.2 Å². The van der Waals surface area contributed by atoms with Gasteiger partial charge in [0.05, 0.1) is 0 Å². The molecule has 0 saturated heterocycles. The minimum Gasteiger partial charge on any atom is -0.435 e. The number of alkyl halides is 2. The number of anilines is 1. The predicted octanol–water partition coefficient (Wildman–Crippen LogP) is 3.67. The first kappa shape index (κ1) is 15.5. The average Bonchev–Trinajstić information content (AvgIpc) is 3.26. The Labute approximate surface area is 135 Å². The van der Waals surface area contributed by atoms with Gasteiger partial charge in [-0.3, -0.25) is 10.1 Å². The van der Waals surface area contributed by atoms with Gasteiger partial charge in [0, 0.05) is 12.0 Å². The van der Waals surface area contributed by atoms with Crippen LogP contribution in [0.5, 0.6) is 5.75 Å². The van der Waals surface area contributed by atoms with Crippen molar-refractivity contribution in [3.05, 3.63) is 40.9 Å². The van der Waals surface area contributed by atoms with Gasteiger partial charge < -0.3 is 4.74 Å². The quantitative estimate of drug-likeness (QED) is 0.817. The Hall–Kier alpha value is -2.35. The van der Waals surface area contributed by atoms with E-state index in [9.17, 15) is 13.6 Å². The van der Waals surface area contributed by atoms with Crippen molar-refractivity contribution in [2.24, 2.45) is 0 Å². The summed E-state index contributed by atoms with van der Waals surface area (Å²) in [7, 11) is 0. The van der Waals surface area contributed by atoms with Gasteiger partial charge in [-0.2, -0.15) is 8.78 Å². The molecule has 1 aromatic heterocycles. The molecule has 1 aliphatic rings. The van der Waals surface area contributed by atoms with Gasteiger partial charge in [0.15, 0.2) is 0 Å². The van der Waals surface area contributed by atoms with Crippen molar-refractivity contribution < 1.29 is 18.3 Å². The molecule has 23 heavy (non-hydrogen) atoms. The standard InChI is InChI=1S/C15H13F2N3O2S/c16-14(17)22-11-6-1-9(2-7-11)3-8-12(21)18-15-20-19-13(23-15)10-4-5-10/h1-3,6-8,10,14H,4-5H2,(H,18,20,21). The molecule has 2 aromatic rings. The first-order valence-electron chi connectivity index (χ1n) is 6.97. The van der Waals surface area contributed by atoms with Crippen molar-refractivity contribution in [2.45, 2.75) is 25.4 Å². The van der Waals surface area contributed by atoms with Crippen molar-refractivity contribution in [2.75, 3.05) is 5.32 Å². The normalized spacial score (nSPS) is 14.4. The van der Waals surface area contributed by atoms with E-state index in [2.05, 4.69) is 20.3 Å². The summed E-state index contributed by atoms with van der Waals surface area (Å²) in [4.78, 5) is 11.8. The topological polar surface area (TPSA) is 64.1 Å². The number of halogens is 2. The SMILES string of the molecule is O=C(C=Cc1ccc(OC(F)F)cc1)Nc1nnc(C2CC2)s1. The summed E-state index contributed by atoms with van der Waals surface area (Å²) in [6.07, 6.45) is 5.19. The highest BCUT2D eigenvalue weighted by atomic mass is 32.1. The van der Waals surface area contributed by atoms with E-state index < -0.39 is 6.61 Å². The van der Waals surface area contributed by atoms with Crippen molar-refractivity contribution in [3.63, 3.8) is 0 Å². The Balaban J connectivity index is 1.54. The van der Waals surface area contributed by atoms with E-state index >= 15 is 0 Å². The van der Waals surface area contributed by atoms with E-state index in [0.29, 0.717) is 16.6 Å². The average molecular weight is 337 g/mol. The lowest BCUT2D eigenvalue weighted by molar-refractivity contribution is -0.111. The molecular formula is C15H13F2N3O2S. The van der Waals surface area contributed by atoms with Gasteiger partial charge in [0.2, 0.25) is 11.0 Å². The summed E-state index contributed by atoms with van der Waals surface area (Å²) in [5, 5.41) is 12.0. The van der Waals surface area contributed by atoms with E-state index in [4.69, 9.17) is 0 Å². The van der Waals surface area contributed by atoms with Crippen molar-refractivity contribution >= 4 is 28.5 Å². The molecule has 1 amide bonds. The molecule has 0 aliphatic heterocycles. The number of nitrogens with zero attached hydrogens (tertiary/aromatic N) is 2. The van der Waals surface area contributed by atoms with E-state index in [1.165, 1.54) is 29.5 Å². The number of ether oxygens (including phenoxy) is 1. The molecule has 1 N–H and O–H groups in total. The second-order valence-corrected chi connectivity index (χ2v) is 6.00. The van der Waals surface area contributed by atoms with Crippen molar-refractivity contribution in [3.8, 4) is 5.75 Å². The number of carbonyl (C=O) groups excluding carboxylic acids is 1. The first-order valence-corrected chi connectivity index (χ1v) is 7.79. The number of hydrogen-bond donors (Lipinski definition) is 1. The number of benzene rings is 1. The fourth-order valence-electron chi connectivity index (χ4n) is 1.86. The molecule has 120 valence electrons. The largest absolute Gasteiger partial charge is 0.435 e. The molecular weight excluding hydrogens is 324 g/mol. The summed E-state index contributed by atoms with van der Waals surface area (Å²) >= 11 is 1.39. The van der Waals surface area contributed by atoms with Crippen LogP contribution >= 0.6 is 11.3 Å². The molecule has 5 nitrogen and oxygen atoms in total. The zero-order valence-electron chi connectivity index (χ0n) is 11.9. The van der Waals surface area contributed by atoms with Crippen LogP contribution in [0, 0.1) is 0 Å². The molecule has 1 aromatic carbocycles. The van der Waals surface area contributed by atoms with Crippen LogP contribution in [0.4, 0.5) is 13.9 Å². The Morgan fingerprint density at radius 2 is 2.04 bits per heavy atom. The fraction of sp³-hybridized carbons (Fsp3) is 0.267. The van der Waals surface area contributed by atoms with Crippen LogP contribution in [0.3, 0.4) is 0 Å². The van der Waals surface area contributed by atoms with Crippen molar-refractivity contribution in [1.29, 1.82) is 0 Å². The molecule has 0 spiro atoms. The summed E-state index contributed by atoms with van der Waals surface area (Å²) in [5.74, 6) is 0.252. The van der Waals surface area contributed by atoms with Crippen molar-refractivity contribution in [1.82, 2.24) is 10.2 Å². The fourth-order valence-corrected chi connectivity index (χ4v) is 2.78. The van der Waals surface area contributed by atoms with Gasteiger partial charge >= 0.3 is 6.61 Å². The second-order valence-electron chi connectivity index (χ2n) is 4.99. The first-order chi connectivity index (χ1) is 11.1. The van der Waals surface area contributed by atoms with Gasteiger partial charge in [-0.25, -0.2) is 0 Å². The van der Waals surface area contributed by atoms with Crippen LogP contribution in [-0.4, -0.2) is 22.7 Å². The van der Waals surface area contributed by atoms with Crippen LogP contribution in [0.15, 0.2) is 30.3 Å². The second kappa shape index (κ2) is 6.82. The maximum atomic E-state index is 12.0. The Morgan fingerprint density at radius 3 is 2.70 bits per heavy atom. The maximum Gasteiger partial charge on any atom is 0.387 e. The minimum atomic E-state index is -2.85. The lowest BCUT2D eigenvalue weighted by Gasteiger charge is -2.03. The summed E-state index contributed by atoms with van der Waals surface area (Å²) < 4.78 is 28.3. The predicted molar refractivity (Wildman–Crippen MR) is 82.6 cm³/mol. The van der Waals surface area contributed by atoms with Crippen LogP contribution in [0.25, 0.3) is 6.08 Å². The third-order valence-corrected chi connectivity index (χ3v) is 4.13. The van der Waals surface area contributed by atoms with Gasteiger partial charge in [0.1, 0.15) is 10.8 Å². The zero-order chi connectivity index (χ0) is 16.2. The highest BCUT2D eigenvalue weighted by Crippen LogP contribution is 2.42. The van der Waals surface area contributed by atoms with Gasteiger partial charge in [0.25, 0.3) is 0 Å². The molecule has 1 heterocycles. The molecule has 8 heteroatoms. The van der Waals surface area contributed by atoms with E-state index in [1.54, 1.807) is 18.2 Å². The number of aromatic nitrogens is 2. The van der Waals surface area contributed by atoms with E-state index in [-0.39, 0.29) is 11.7 Å². The monoisotopic (exact) mass is 337 g/mol. The molecule has 0 bridgehead atoms. The Bertz CT molecular complexity index is 712. The zero-order valence-corrected chi connectivity index (χ0v) is 12.7. The maximum absolute atomic E-state index is 12.0. The molecule has 0 unspecified atom stereocenters. The highest BCUT2D eigenvalue weighted by Gasteiger charge is 2.27. The van der Waals surface area contributed by atoms with Crippen LogP contribution < -0.4 is 10.1 Å². The lowest BCUT2D eigenvalue weighted by Crippen LogP contribution is -2.07. The molecule has 3 rings (SSSR count). The summed E-state index contributed by atoms with van der Waals surface area (Å²) in [5.41, 5.74) is 0.692. The Kier molecular flexibility index (Phi) is 4.61. The molecule has 0 radical (unpaired) electrons. The van der Waals surface area contributed by atoms with E-state index in [0.717, 1.165) is 17.8 Å². The van der Waals surface area contributed by atoms with Gasteiger partial charge in [-0.05, 0) is 36.6 Å². The minimum absolute atomic E-state index is 0.0723. The van der Waals surface area contributed by atoms with Crippen LogP contribution in [-0.2, 0) is 4.79 Å². The number of nitrogens with one attached hydrogen (secondary N) is 1. The van der Waals surface area contributed by atoms with Gasteiger partial charge in [-0.1, -0.05) is 23.5 Å². The number of rotatable bonds is 6. The van der Waals surface area contributed by atoms with E-state index in [1.807, 2.05) is 0 Å². The molecule has 1 aliphatic carbocycles. The summed E-state index contributed by atoms with van der Waals surface area (Å²) in [6.45, 7) is -2.85. The number of hydrogen-bond acceptors (Lipinski definition) is 5. The molecule has 0 atom stereocenters. The third-order valence-electron chi connectivity index (χ3n) is 3.13. The van der Waals surface area contributed by atoms with Crippen LogP contribution in [0.1, 0.15) is 29.3 Å². The third kappa shape index (κ3) is 4.56. The Morgan fingerprint density at radius 1 is 1.30 bits per heavy atom. The summed E-state index contributed by atoms with van der Waals surface area (Å²) in [6, 6.07) is 5.99. The molecule has 1 saturated carbocycles. The molecule has 1 fully saturated rings. The lowest BCUT2D eigenvalue weighted by atomic mass is 10.2. The van der Waals surface area contributed by atoms with Crippen LogP contribution in [0.2, 0.25) is 0 Å². The number of amides is 1. The smallest absolute Gasteiger partial charge is 0.387 e. The highest BCUT2D eigenvalue weighted by molar-refractivity contribution is 7.15.